The maximum atomic E-state index is 6.08. The molecule has 25 heavy (non-hydrogen) atoms. The van der Waals surface area contributed by atoms with Crippen LogP contribution in [0.2, 0.25) is 0 Å². The average Bonchev–Trinajstić information content (AvgIpc) is 2.61. The van der Waals surface area contributed by atoms with Gasteiger partial charge in [-0.15, -0.1) is 24.0 Å². The number of fused-ring (bicyclic) bond motifs is 1. The molecule has 1 aliphatic carbocycles. The monoisotopic (exact) mass is 451 g/mol. The molecule has 0 heterocycles. The molecule has 0 saturated heterocycles. The van der Waals surface area contributed by atoms with Crippen LogP contribution in [0.3, 0.4) is 0 Å². The predicted octanol–water partition coefficient (Wildman–Crippen LogP) is 4.33. The SMILES string of the molecule is COc1ccc(NC(N)=NCC2(C)CCCc3ccccc32)cc1.I. The number of benzene rings is 2. The summed E-state index contributed by atoms with van der Waals surface area (Å²) in [7, 11) is 1.65. The zero-order valence-electron chi connectivity index (χ0n) is 14.8. The van der Waals surface area contributed by atoms with Crippen molar-refractivity contribution in [2.75, 3.05) is 19.0 Å². The smallest absolute Gasteiger partial charge is 0.193 e. The second-order valence-electron chi connectivity index (χ2n) is 6.63. The molecular weight excluding hydrogens is 425 g/mol. The highest BCUT2D eigenvalue weighted by Gasteiger charge is 2.31. The molecule has 0 spiro atoms. The zero-order chi connectivity index (χ0) is 17.0. The van der Waals surface area contributed by atoms with Gasteiger partial charge in [0.05, 0.1) is 13.7 Å². The first kappa shape index (κ1) is 19.6. The molecule has 1 atom stereocenters. The Bertz CT molecular complexity index is 730. The van der Waals surface area contributed by atoms with Crippen LogP contribution in [0, 0.1) is 0 Å². The fraction of sp³-hybridized carbons (Fsp3) is 0.350. The van der Waals surface area contributed by atoms with Gasteiger partial charge in [-0.3, -0.25) is 4.99 Å². The molecule has 3 rings (SSSR count). The van der Waals surface area contributed by atoms with Gasteiger partial charge in [0.25, 0.3) is 0 Å². The van der Waals surface area contributed by atoms with Gasteiger partial charge in [0, 0.05) is 11.1 Å². The van der Waals surface area contributed by atoms with E-state index in [0.717, 1.165) is 24.3 Å². The minimum Gasteiger partial charge on any atom is -0.497 e. The number of nitrogens with zero attached hydrogens (tertiary/aromatic N) is 1. The van der Waals surface area contributed by atoms with E-state index in [1.807, 2.05) is 24.3 Å². The minimum absolute atomic E-state index is 0. The fourth-order valence-corrected chi connectivity index (χ4v) is 3.42. The summed E-state index contributed by atoms with van der Waals surface area (Å²) in [4.78, 5) is 4.61. The minimum atomic E-state index is 0. The molecule has 4 nitrogen and oxygen atoms in total. The number of aryl methyl sites for hydroxylation is 1. The highest BCUT2D eigenvalue weighted by Crippen LogP contribution is 2.37. The molecule has 0 aliphatic heterocycles. The molecule has 2 aromatic rings. The third kappa shape index (κ3) is 4.66. The van der Waals surface area contributed by atoms with E-state index in [1.165, 1.54) is 17.5 Å². The molecule has 3 N–H and O–H groups in total. The largest absolute Gasteiger partial charge is 0.497 e. The van der Waals surface area contributed by atoms with Gasteiger partial charge < -0.3 is 15.8 Å². The van der Waals surface area contributed by atoms with Crippen LogP contribution < -0.4 is 15.8 Å². The Hall–Kier alpha value is -1.76. The number of aliphatic imine (C=N–C) groups is 1. The van der Waals surface area contributed by atoms with Crippen LogP contribution in [-0.2, 0) is 11.8 Å². The second-order valence-corrected chi connectivity index (χ2v) is 6.63. The standard InChI is InChI=1S/C20H25N3O.HI/c1-20(13-5-7-15-6-3-4-8-18(15)20)14-22-19(21)23-16-9-11-17(24-2)12-10-16;/h3-4,6,8-12H,5,7,13-14H2,1-2H3,(H3,21,22,23);1H. The third-order valence-corrected chi connectivity index (χ3v) is 4.80. The van der Waals surface area contributed by atoms with Crippen molar-refractivity contribution in [3.8, 4) is 5.75 Å². The van der Waals surface area contributed by atoms with Crippen molar-refractivity contribution < 1.29 is 4.74 Å². The van der Waals surface area contributed by atoms with Gasteiger partial charge in [-0.2, -0.15) is 0 Å². The topological polar surface area (TPSA) is 59.6 Å². The van der Waals surface area contributed by atoms with Gasteiger partial charge in [-0.05, 0) is 54.7 Å². The van der Waals surface area contributed by atoms with Crippen LogP contribution in [0.1, 0.15) is 30.9 Å². The Kier molecular flexibility index (Phi) is 6.70. The van der Waals surface area contributed by atoms with Crippen LogP contribution in [0.4, 0.5) is 5.69 Å². The molecule has 0 saturated carbocycles. The van der Waals surface area contributed by atoms with Gasteiger partial charge in [0.15, 0.2) is 5.96 Å². The van der Waals surface area contributed by atoms with Crippen molar-refractivity contribution in [1.82, 2.24) is 0 Å². The summed E-state index contributed by atoms with van der Waals surface area (Å²) in [6.45, 7) is 2.98. The Morgan fingerprint density at radius 3 is 2.64 bits per heavy atom. The normalized spacial score (nSPS) is 19.5. The number of hydrogen-bond acceptors (Lipinski definition) is 2. The van der Waals surface area contributed by atoms with E-state index in [2.05, 4.69) is 41.5 Å². The van der Waals surface area contributed by atoms with E-state index >= 15 is 0 Å². The third-order valence-electron chi connectivity index (χ3n) is 4.80. The summed E-state index contributed by atoms with van der Waals surface area (Å²) in [5, 5.41) is 3.15. The van der Waals surface area contributed by atoms with Gasteiger partial charge in [-0.1, -0.05) is 31.2 Å². The Morgan fingerprint density at radius 1 is 1.20 bits per heavy atom. The van der Waals surface area contributed by atoms with E-state index in [0.29, 0.717) is 12.5 Å². The number of nitrogens with one attached hydrogen (secondary N) is 1. The molecular formula is C20H26IN3O. The van der Waals surface area contributed by atoms with Crippen LogP contribution in [0.25, 0.3) is 0 Å². The Labute approximate surface area is 166 Å². The number of nitrogens with two attached hydrogens (primary N) is 1. The quantitative estimate of drug-likeness (QED) is 0.413. The molecule has 134 valence electrons. The van der Waals surface area contributed by atoms with Gasteiger partial charge in [0.2, 0.25) is 0 Å². The summed E-state index contributed by atoms with van der Waals surface area (Å²) < 4.78 is 5.16. The highest BCUT2D eigenvalue weighted by molar-refractivity contribution is 14.0. The summed E-state index contributed by atoms with van der Waals surface area (Å²) in [6, 6.07) is 16.4. The summed E-state index contributed by atoms with van der Waals surface area (Å²) >= 11 is 0. The summed E-state index contributed by atoms with van der Waals surface area (Å²) in [5.74, 6) is 1.27. The summed E-state index contributed by atoms with van der Waals surface area (Å²) in [6.07, 6.45) is 3.51. The van der Waals surface area contributed by atoms with Crippen LogP contribution >= 0.6 is 24.0 Å². The maximum absolute atomic E-state index is 6.08. The van der Waals surface area contributed by atoms with Crippen molar-refractivity contribution in [2.45, 2.75) is 31.6 Å². The molecule has 2 aromatic carbocycles. The number of rotatable bonds is 4. The molecule has 5 heteroatoms. The van der Waals surface area contributed by atoms with E-state index in [-0.39, 0.29) is 29.4 Å². The lowest BCUT2D eigenvalue weighted by atomic mass is 9.71. The van der Waals surface area contributed by atoms with Crippen molar-refractivity contribution in [2.24, 2.45) is 10.7 Å². The van der Waals surface area contributed by atoms with E-state index in [4.69, 9.17) is 10.5 Å². The molecule has 0 radical (unpaired) electrons. The number of ether oxygens (including phenoxy) is 1. The van der Waals surface area contributed by atoms with Crippen LogP contribution in [0.15, 0.2) is 53.5 Å². The molecule has 1 aliphatic rings. The molecule has 0 fully saturated rings. The average molecular weight is 451 g/mol. The lowest BCUT2D eigenvalue weighted by molar-refractivity contribution is 0.405. The number of methoxy groups -OCH3 is 1. The molecule has 1 unspecified atom stereocenters. The zero-order valence-corrected chi connectivity index (χ0v) is 17.1. The van der Waals surface area contributed by atoms with E-state index in [1.54, 1.807) is 7.11 Å². The van der Waals surface area contributed by atoms with Crippen molar-refractivity contribution in [3.63, 3.8) is 0 Å². The van der Waals surface area contributed by atoms with Crippen molar-refractivity contribution in [3.05, 3.63) is 59.7 Å². The Morgan fingerprint density at radius 2 is 1.92 bits per heavy atom. The first-order valence-corrected chi connectivity index (χ1v) is 8.40. The number of guanidine groups is 1. The van der Waals surface area contributed by atoms with Gasteiger partial charge in [0.1, 0.15) is 5.75 Å². The number of anilines is 1. The molecule has 0 amide bonds. The first-order valence-electron chi connectivity index (χ1n) is 8.40. The highest BCUT2D eigenvalue weighted by atomic mass is 127. The van der Waals surface area contributed by atoms with Crippen molar-refractivity contribution >= 4 is 35.6 Å². The lowest BCUT2D eigenvalue weighted by Gasteiger charge is -2.34. The number of hydrogen-bond donors (Lipinski definition) is 2. The first-order chi connectivity index (χ1) is 11.6. The Balaban J connectivity index is 0.00000225. The fourth-order valence-electron chi connectivity index (χ4n) is 3.42. The molecule has 0 aromatic heterocycles. The second kappa shape index (κ2) is 8.56. The predicted molar refractivity (Wildman–Crippen MR) is 115 cm³/mol. The maximum Gasteiger partial charge on any atom is 0.193 e. The summed E-state index contributed by atoms with van der Waals surface area (Å²) in [5.41, 5.74) is 9.91. The van der Waals surface area contributed by atoms with E-state index < -0.39 is 0 Å². The van der Waals surface area contributed by atoms with Crippen molar-refractivity contribution in [1.29, 1.82) is 0 Å². The molecule has 0 bridgehead atoms. The van der Waals surface area contributed by atoms with E-state index in [9.17, 15) is 0 Å². The number of halogens is 1. The van der Waals surface area contributed by atoms with Gasteiger partial charge in [-0.25, -0.2) is 0 Å². The lowest BCUT2D eigenvalue weighted by Crippen LogP contribution is -2.33. The van der Waals surface area contributed by atoms with Gasteiger partial charge >= 0.3 is 0 Å². The van der Waals surface area contributed by atoms with Crippen LogP contribution in [0.5, 0.6) is 5.75 Å². The van der Waals surface area contributed by atoms with Crippen LogP contribution in [-0.4, -0.2) is 19.6 Å².